The van der Waals surface area contributed by atoms with Crippen molar-refractivity contribution in [3.63, 3.8) is 0 Å². The zero-order valence-corrected chi connectivity index (χ0v) is 64.6. The topological polar surface area (TPSA) is 312 Å². The number of ether oxygens (including phenoxy) is 3. The van der Waals surface area contributed by atoms with Crippen molar-refractivity contribution in [1.82, 2.24) is 50.2 Å². The summed E-state index contributed by atoms with van der Waals surface area (Å²) in [6.45, 7) is 33.6. The van der Waals surface area contributed by atoms with Gasteiger partial charge in [-0.2, -0.15) is 0 Å². The average molecular weight is 1400 g/mol. The molecule has 26 heteroatoms. The van der Waals surface area contributed by atoms with Crippen molar-refractivity contribution >= 4 is 70.7 Å². The fourth-order valence-electron chi connectivity index (χ4n) is 13.2. The lowest BCUT2D eigenvalue weighted by atomic mass is 9.85. The van der Waals surface area contributed by atoms with Crippen molar-refractivity contribution < 1.29 is 76.9 Å². The molecule has 0 aliphatic carbocycles. The number of ketones is 2. The maximum absolute atomic E-state index is 15.2. The summed E-state index contributed by atoms with van der Waals surface area (Å²) in [4.78, 5) is 186. The quantitative estimate of drug-likeness (QED) is 0.0719. The van der Waals surface area contributed by atoms with Crippen LogP contribution in [0.2, 0.25) is 0 Å². The third-order valence-corrected chi connectivity index (χ3v) is 19.7. The molecule has 9 amide bonds. The Labute approximate surface area is 592 Å². The molecular weight excluding hydrogens is 1270 g/mol. The number of hydrogen-bond donors (Lipinski definition) is 4. The number of rotatable bonds is 24. The summed E-state index contributed by atoms with van der Waals surface area (Å²) in [6, 6.07) is -11.6. The Kier molecular flexibility index (Phi) is 38.6. The highest BCUT2D eigenvalue weighted by Gasteiger charge is 2.45. The number of morpholine rings is 1. The van der Waals surface area contributed by atoms with E-state index < -0.39 is 167 Å². The fraction of sp³-hybridized carbons (Fsp3) is 0.836. The summed E-state index contributed by atoms with van der Waals surface area (Å²) >= 11 is 0. The lowest BCUT2D eigenvalue weighted by Gasteiger charge is -2.40. The molecule has 26 nitrogen and oxygen atoms in total. The predicted octanol–water partition coefficient (Wildman–Crippen LogP) is 5.13. The van der Waals surface area contributed by atoms with Crippen molar-refractivity contribution in [3.05, 3.63) is 0 Å². The number of nitrogens with one attached hydrogen (secondary N) is 3. The van der Waals surface area contributed by atoms with Gasteiger partial charge in [0.2, 0.25) is 53.2 Å². The number of carbonyl (C=O) groups excluding carboxylic acids is 12. The van der Waals surface area contributed by atoms with E-state index in [1.165, 1.54) is 80.6 Å². The van der Waals surface area contributed by atoms with Gasteiger partial charge in [-0.1, -0.05) is 96.4 Å². The largest absolute Gasteiger partial charge is 0.466 e. The van der Waals surface area contributed by atoms with E-state index in [-0.39, 0.29) is 82.3 Å². The van der Waals surface area contributed by atoms with E-state index in [2.05, 4.69) is 20.9 Å². The second-order valence-electron chi connectivity index (χ2n) is 30.0. The van der Waals surface area contributed by atoms with Crippen LogP contribution in [0.25, 0.3) is 0 Å². The predicted molar refractivity (Wildman–Crippen MR) is 379 cm³/mol. The molecular formula is C73H130N10O16. The van der Waals surface area contributed by atoms with Crippen molar-refractivity contribution in [1.29, 1.82) is 0 Å². The van der Waals surface area contributed by atoms with Crippen molar-refractivity contribution in [2.75, 3.05) is 88.3 Å². The third kappa shape index (κ3) is 27.0. The summed E-state index contributed by atoms with van der Waals surface area (Å²) in [6.07, 6.45) is -0.146. The molecule has 2 fully saturated rings. The van der Waals surface area contributed by atoms with Crippen LogP contribution in [0.1, 0.15) is 195 Å². The zero-order chi connectivity index (χ0) is 75.6. The minimum absolute atomic E-state index is 0.0313. The maximum atomic E-state index is 15.2. The number of nitrogens with zero attached hydrogens (tertiary/aromatic N) is 7. The molecule has 2 aliphatic heterocycles. The Morgan fingerprint density at radius 2 is 1.07 bits per heavy atom. The van der Waals surface area contributed by atoms with E-state index in [0.717, 1.165) is 31.0 Å². The highest BCUT2D eigenvalue weighted by atomic mass is 16.5. The van der Waals surface area contributed by atoms with Crippen molar-refractivity contribution in [2.24, 2.45) is 47.3 Å². The van der Waals surface area contributed by atoms with Crippen LogP contribution < -0.4 is 16.0 Å². The van der Waals surface area contributed by atoms with E-state index >= 15 is 28.8 Å². The molecule has 0 aromatic heterocycles. The zero-order valence-electron chi connectivity index (χ0n) is 64.6. The van der Waals surface area contributed by atoms with Crippen molar-refractivity contribution in [2.45, 2.75) is 261 Å². The van der Waals surface area contributed by atoms with Crippen LogP contribution in [-0.4, -0.2) is 265 Å². The van der Waals surface area contributed by atoms with Crippen LogP contribution in [-0.2, 0) is 71.7 Å². The summed E-state index contributed by atoms with van der Waals surface area (Å²) in [5.41, 5.74) is 0. The summed E-state index contributed by atoms with van der Waals surface area (Å²) < 4.78 is 17.0. The summed E-state index contributed by atoms with van der Waals surface area (Å²) in [7, 11) is 8.63. The Morgan fingerprint density at radius 1 is 0.545 bits per heavy atom. The molecule has 0 radical (unpaired) electrons. The van der Waals surface area contributed by atoms with Crippen LogP contribution >= 0.6 is 0 Å². The lowest BCUT2D eigenvalue weighted by Crippen LogP contribution is -2.63. The number of unbranched alkanes of at least 4 members (excludes halogenated alkanes) is 2. The van der Waals surface area contributed by atoms with Gasteiger partial charge in [0, 0.05) is 93.1 Å². The Hall–Kier alpha value is -6.12. The molecule has 99 heavy (non-hydrogen) atoms. The second kappa shape index (κ2) is 43.0. The first kappa shape index (κ1) is 89.0. The number of amides is 9. The van der Waals surface area contributed by atoms with Gasteiger partial charge in [-0.05, 0) is 121 Å². The minimum atomic E-state index is -1.75. The molecule has 0 aromatic carbocycles. The van der Waals surface area contributed by atoms with Crippen LogP contribution in [0.3, 0.4) is 0 Å². The normalized spacial score (nSPS) is 26.8. The molecule has 14 atom stereocenters. The van der Waals surface area contributed by atoms with Gasteiger partial charge in [-0.3, -0.25) is 62.4 Å². The van der Waals surface area contributed by atoms with E-state index in [4.69, 9.17) is 14.2 Å². The highest BCUT2D eigenvalue weighted by molar-refractivity contribution is 6.00. The summed E-state index contributed by atoms with van der Waals surface area (Å²) in [5.74, 6) is -11.8. The highest BCUT2D eigenvalue weighted by Crippen LogP contribution is 2.28. The van der Waals surface area contributed by atoms with E-state index in [9.17, 15) is 33.9 Å². The third-order valence-electron chi connectivity index (χ3n) is 19.7. The molecule has 0 saturated carbocycles. The molecule has 0 unspecified atom stereocenters. The molecule has 2 aliphatic rings. The van der Waals surface area contributed by atoms with E-state index in [1.54, 1.807) is 62.3 Å². The average Bonchev–Trinajstić information content (AvgIpc) is 0.815. The van der Waals surface area contributed by atoms with Gasteiger partial charge in [0.25, 0.3) is 0 Å². The van der Waals surface area contributed by atoms with Gasteiger partial charge in [0.05, 0.1) is 38.1 Å². The van der Waals surface area contributed by atoms with Crippen molar-refractivity contribution in [3.8, 4) is 0 Å². The number of aliphatic hydroxyl groups excluding tert-OH is 1. The van der Waals surface area contributed by atoms with Gasteiger partial charge in [-0.15, -0.1) is 0 Å². The lowest BCUT2D eigenvalue weighted by molar-refractivity contribution is -0.154. The fourth-order valence-corrected chi connectivity index (χ4v) is 13.2. The molecule has 2 heterocycles. The number of likely N-dealkylation sites (N-methyl/N-ethyl adjacent to an activating group) is 6. The van der Waals surface area contributed by atoms with Crippen LogP contribution in [0.5, 0.6) is 0 Å². The van der Waals surface area contributed by atoms with Gasteiger partial charge in [-0.25, -0.2) is 0 Å². The molecule has 0 spiro atoms. The smallest absolute Gasteiger partial charge is 0.305 e. The van der Waals surface area contributed by atoms with E-state index in [0.29, 0.717) is 32.5 Å². The first-order chi connectivity index (χ1) is 46.2. The Balaban J connectivity index is 2.99. The van der Waals surface area contributed by atoms with Gasteiger partial charge >= 0.3 is 5.97 Å². The minimum Gasteiger partial charge on any atom is -0.466 e. The monoisotopic (exact) mass is 1400 g/mol. The number of Topliss-reactive ketones (excluding diaryl/α,β-unsaturated/α-hetero) is 2. The number of carbonyl (C=O) groups is 12. The molecule has 4 N–H and O–H groups in total. The second-order valence-corrected chi connectivity index (χ2v) is 30.0. The van der Waals surface area contributed by atoms with Crippen LogP contribution in [0.15, 0.2) is 0 Å². The van der Waals surface area contributed by atoms with Crippen LogP contribution in [0.4, 0.5) is 0 Å². The Bertz CT molecular complexity index is 2650. The standard InChI is InChI=1S/C73H130N10O16/c1-24-54-71(94)77(18)51(16)69(92)82(23)63(52(17)99-35-29-28-32-83-33-36-97-37-34-83)59(85)42-53(46(9)10)70(93)78(19)55(38-43(3)4)58(84)41-49(14)65(88)74-50(15)68(91)79(20)56(39-44(5)6)72(95)80(21)57(40-45(7)8)73(96)81(22)62(47(11)12)67(90)76-61(66(89)75-54)64(87)48(13)30-26-27-31-60(86)98-25-2/h43-57,61-64,87H,24-42H2,1-23H3,(H,74,88)(H,75,89)(H,76,90)/t48-,49-,50-,51-,52-,53+,54+,55+,56+,57+,61+,62+,63+,64-/m1/s1. The molecule has 2 rings (SSSR count). The molecule has 0 aromatic rings. The van der Waals surface area contributed by atoms with Crippen LogP contribution in [0, 0.1) is 47.3 Å². The number of aliphatic hydroxyl groups is 1. The number of esters is 1. The Morgan fingerprint density at radius 3 is 1.60 bits per heavy atom. The molecule has 2 saturated heterocycles. The first-order valence-electron chi connectivity index (χ1n) is 36.5. The summed E-state index contributed by atoms with van der Waals surface area (Å²) in [5, 5.41) is 20.5. The molecule has 0 bridgehead atoms. The van der Waals surface area contributed by atoms with Gasteiger partial charge in [0.1, 0.15) is 48.3 Å². The maximum Gasteiger partial charge on any atom is 0.305 e. The van der Waals surface area contributed by atoms with Gasteiger partial charge < -0.3 is 64.7 Å². The van der Waals surface area contributed by atoms with E-state index in [1.807, 2.05) is 41.5 Å². The molecule has 568 valence electrons. The number of hydrogen-bond acceptors (Lipinski definition) is 17. The first-order valence-corrected chi connectivity index (χ1v) is 36.5. The SMILES string of the molecule is CCOC(=O)CCCC[C@@H](C)[C@@H](O)[C@@H]1NC(=O)[C@H](C(C)C)N(C)C(=O)[C@H](CC(C)C)N(C)C(=O)[C@H](CC(C)C)N(C)C(=O)[C@@H](C)NC(=O)[C@H](C)CC(=O)[C@H](CC(C)C)N(C)C(=O)[C@H](C(C)C)CC(=O)[C@H]([C@@H](C)OCCCCN2CCOCC2)N(C)C(=O)[C@@H](C)N(C)C(=O)[C@H](CC)NC1=O. The van der Waals surface area contributed by atoms with Gasteiger partial charge in [0.15, 0.2) is 11.6 Å².